The number of thiocarbonyl (C=S) groups is 1. The van der Waals surface area contributed by atoms with Crippen molar-refractivity contribution in [1.29, 1.82) is 0 Å². The van der Waals surface area contributed by atoms with Crippen LogP contribution >= 0.6 is 12.2 Å². The van der Waals surface area contributed by atoms with Crippen LogP contribution in [0.4, 0.5) is 10.5 Å². The highest BCUT2D eigenvalue weighted by Crippen LogP contribution is 2.35. The molecule has 1 aromatic heterocycles. The summed E-state index contributed by atoms with van der Waals surface area (Å²) in [7, 11) is 0. The van der Waals surface area contributed by atoms with Crippen LogP contribution in [0.15, 0.2) is 28.9 Å². The molecule has 2 heterocycles. The Bertz CT molecular complexity index is 833. The van der Waals surface area contributed by atoms with Crippen molar-refractivity contribution in [3.05, 3.63) is 35.5 Å². The minimum absolute atomic E-state index is 0.218. The predicted molar refractivity (Wildman–Crippen MR) is 97.9 cm³/mol. The van der Waals surface area contributed by atoms with Gasteiger partial charge in [0.1, 0.15) is 6.10 Å². The van der Waals surface area contributed by atoms with Gasteiger partial charge in [0, 0.05) is 16.8 Å². The van der Waals surface area contributed by atoms with E-state index < -0.39 is 0 Å². The fraction of sp³-hybridized carbons (Fsp3) is 0.389. The molecule has 0 spiro atoms. The van der Waals surface area contributed by atoms with Gasteiger partial charge in [0.05, 0.1) is 24.3 Å². The summed E-state index contributed by atoms with van der Waals surface area (Å²) in [5, 5.41) is 6.99. The highest BCUT2D eigenvalue weighted by molar-refractivity contribution is 7.80. The second-order valence-electron chi connectivity index (χ2n) is 6.43. The molecule has 1 amide bonds. The zero-order chi connectivity index (χ0) is 17.4. The maximum absolute atomic E-state index is 12.3. The Hall–Kier alpha value is -2.41. The number of carbonyl (C=O) groups is 1. The maximum Gasteiger partial charge on any atom is 0.414 e. The van der Waals surface area contributed by atoms with Gasteiger partial charge in [-0.1, -0.05) is 23.4 Å². The number of ether oxygens (including phenoxy) is 1. The number of nitrogens with one attached hydrogen (secondary N) is 1. The third kappa shape index (κ3) is 3.11. The molecular formula is C18H19N3O3S. The van der Waals surface area contributed by atoms with E-state index in [0.29, 0.717) is 18.1 Å². The van der Waals surface area contributed by atoms with Gasteiger partial charge in [0.2, 0.25) is 0 Å². The van der Waals surface area contributed by atoms with Gasteiger partial charge in [-0.05, 0) is 43.9 Å². The number of rotatable bonds is 3. The number of aromatic nitrogens is 1. The summed E-state index contributed by atoms with van der Waals surface area (Å²) in [5.74, 6) is 0.816. The van der Waals surface area contributed by atoms with Crippen molar-refractivity contribution in [2.45, 2.75) is 32.3 Å². The molecule has 1 saturated heterocycles. The van der Waals surface area contributed by atoms with Crippen LogP contribution in [0.5, 0.6) is 0 Å². The molecule has 0 bridgehead atoms. The highest BCUT2D eigenvalue weighted by atomic mass is 32.1. The average Bonchev–Trinajstić information content (AvgIpc) is 3.16. The topological polar surface area (TPSA) is 67.6 Å². The summed E-state index contributed by atoms with van der Waals surface area (Å²) in [6.07, 6.45) is 4.25. The van der Waals surface area contributed by atoms with Crippen LogP contribution in [0.3, 0.4) is 0 Å². The summed E-state index contributed by atoms with van der Waals surface area (Å²) in [6, 6.07) is 6.05. The molecule has 1 aliphatic carbocycles. The Morgan fingerprint density at radius 3 is 3.08 bits per heavy atom. The molecule has 0 radical (unpaired) electrons. The second kappa shape index (κ2) is 6.48. The SMILES string of the molecule is CC(=S)NCC1CN(c2ccc3c(c2)-c2oncc2CCC3)C(=O)O1. The fourth-order valence-electron chi connectivity index (χ4n) is 3.39. The summed E-state index contributed by atoms with van der Waals surface area (Å²) < 4.78 is 10.9. The molecule has 25 heavy (non-hydrogen) atoms. The van der Waals surface area contributed by atoms with Gasteiger partial charge in [0.15, 0.2) is 5.76 Å². The monoisotopic (exact) mass is 357 g/mol. The molecule has 6 nitrogen and oxygen atoms in total. The van der Waals surface area contributed by atoms with Crippen LogP contribution < -0.4 is 10.2 Å². The first-order valence-electron chi connectivity index (χ1n) is 8.41. The average molecular weight is 357 g/mol. The molecule has 130 valence electrons. The number of hydrogen-bond acceptors (Lipinski definition) is 5. The maximum atomic E-state index is 12.3. The first kappa shape index (κ1) is 16.1. The van der Waals surface area contributed by atoms with E-state index in [4.69, 9.17) is 21.5 Å². The van der Waals surface area contributed by atoms with Crippen molar-refractivity contribution in [3.63, 3.8) is 0 Å². The van der Waals surface area contributed by atoms with Gasteiger partial charge in [-0.3, -0.25) is 4.90 Å². The standard InChI is InChI=1S/C18H19N3O3S/c1-11(25)19-9-15-10-21(18(22)23-15)14-6-5-12-3-2-4-13-8-20-24-17(13)16(12)7-14/h5-8,15H,2-4,9-10H2,1H3,(H,19,25). The Morgan fingerprint density at radius 1 is 1.40 bits per heavy atom. The van der Waals surface area contributed by atoms with Gasteiger partial charge in [-0.2, -0.15) is 0 Å². The molecule has 1 N–H and O–H groups in total. The summed E-state index contributed by atoms with van der Waals surface area (Å²) in [6.45, 7) is 2.83. The molecule has 0 saturated carbocycles. The van der Waals surface area contributed by atoms with Gasteiger partial charge in [-0.25, -0.2) is 4.79 Å². The predicted octanol–water partition coefficient (Wildman–Crippen LogP) is 3.09. The molecule has 1 aromatic carbocycles. The summed E-state index contributed by atoms with van der Waals surface area (Å²) >= 11 is 5.01. The Balaban J connectivity index is 1.61. The lowest BCUT2D eigenvalue weighted by Crippen LogP contribution is -2.32. The zero-order valence-corrected chi connectivity index (χ0v) is 14.8. The van der Waals surface area contributed by atoms with Crippen molar-refractivity contribution in [2.24, 2.45) is 0 Å². The van der Waals surface area contributed by atoms with Crippen LogP contribution in [-0.2, 0) is 17.6 Å². The first-order chi connectivity index (χ1) is 12.1. The lowest BCUT2D eigenvalue weighted by atomic mass is 10.0. The van der Waals surface area contributed by atoms with E-state index >= 15 is 0 Å². The number of cyclic esters (lactones) is 1. The summed E-state index contributed by atoms with van der Waals surface area (Å²) in [5.41, 5.74) is 4.18. The lowest BCUT2D eigenvalue weighted by Gasteiger charge is -2.15. The molecular weight excluding hydrogens is 338 g/mol. The number of amides is 1. The highest BCUT2D eigenvalue weighted by Gasteiger charge is 2.33. The molecule has 7 heteroatoms. The molecule has 1 atom stereocenters. The number of fused-ring (bicyclic) bond motifs is 3. The number of hydrogen-bond donors (Lipinski definition) is 1. The Labute approximate surface area is 151 Å². The molecule has 1 aliphatic heterocycles. The largest absolute Gasteiger partial charge is 0.442 e. The minimum Gasteiger partial charge on any atom is -0.442 e. The lowest BCUT2D eigenvalue weighted by molar-refractivity contribution is 0.143. The Morgan fingerprint density at radius 2 is 2.24 bits per heavy atom. The third-order valence-electron chi connectivity index (χ3n) is 4.64. The summed E-state index contributed by atoms with van der Waals surface area (Å²) in [4.78, 5) is 14.6. The van der Waals surface area contributed by atoms with Crippen LogP contribution in [0, 0.1) is 0 Å². The van der Waals surface area contributed by atoms with Crippen LogP contribution in [-0.4, -0.2) is 35.4 Å². The van der Waals surface area contributed by atoms with Gasteiger partial charge < -0.3 is 14.6 Å². The van der Waals surface area contributed by atoms with E-state index in [2.05, 4.69) is 16.5 Å². The van der Waals surface area contributed by atoms with Gasteiger partial charge in [0.25, 0.3) is 0 Å². The van der Waals surface area contributed by atoms with E-state index in [1.54, 1.807) is 11.1 Å². The van der Waals surface area contributed by atoms with E-state index in [1.165, 1.54) is 5.56 Å². The molecule has 2 aliphatic rings. The first-order valence-corrected chi connectivity index (χ1v) is 8.82. The number of benzene rings is 1. The van der Waals surface area contributed by atoms with Gasteiger partial charge >= 0.3 is 6.09 Å². The van der Waals surface area contributed by atoms with Crippen LogP contribution in [0.25, 0.3) is 11.3 Å². The fourth-order valence-corrected chi connectivity index (χ4v) is 3.47. The van der Waals surface area contributed by atoms with E-state index in [-0.39, 0.29) is 12.2 Å². The van der Waals surface area contributed by atoms with Crippen molar-refractivity contribution in [2.75, 3.05) is 18.0 Å². The van der Waals surface area contributed by atoms with Gasteiger partial charge in [-0.15, -0.1) is 0 Å². The second-order valence-corrected chi connectivity index (χ2v) is 7.04. The van der Waals surface area contributed by atoms with Crippen molar-refractivity contribution < 1.29 is 14.1 Å². The quantitative estimate of drug-likeness (QED) is 0.852. The molecule has 1 unspecified atom stereocenters. The van der Waals surface area contributed by atoms with E-state index in [1.807, 2.05) is 19.1 Å². The van der Waals surface area contributed by atoms with Crippen LogP contribution in [0.2, 0.25) is 0 Å². The number of nitrogens with zero attached hydrogens (tertiary/aromatic N) is 2. The van der Waals surface area contributed by atoms with E-state index in [9.17, 15) is 4.79 Å². The molecule has 4 rings (SSSR count). The van der Waals surface area contributed by atoms with Crippen molar-refractivity contribution in [3.8, 4) is 11.3 Å². The minimum atomic E-state index is -0.333. The molecule has 1 fully saturated rings. The zero-order valence-electron chi connectivity index (χ0n) is 13.9. The molecule has 2 aromatic rings. The van der Waals surface area contributed by atoms with Crippen molar-refractivity contribution in [1.82, 2.24) is 10.5 Å². The Kier molecular flexibility index (Phi) is 4.17. The number of anilines is 1. The van der Waals surface area contributed by atoms with E-state index in [0.717, 1.165) is 41.8 Å². The van der Waals surface area contributed by atoms with Crippen molar-refractivity contribution >= 4 is 29.0 Å². The number of aryl methyl sites for hydroxylation is 2. The number of carbonyl (C=O) groups excluding carboxylic acids is 1. The smallest absolute Gasteiger partial charge is 0.414 e. The normalized spacial score (nSPS) is 19.0. The van der Waals surface area contributed by atoms with Crippen LogP contribution in [0.1, 0.15) is 24.5 Å². The third-order valence-corrected chi connectivity index (χ3v) is 4.78.